The fourth-order valence-electron chi connectivity index (χ4n) is 2.93. The van der Waals surface area contributed by atoms with Crippen molar-refractivity contribution >= 4 is 5.91 Å². The molecule has 98 valence electrons. The number of amides is 1. The lowest BCUT2D eigenvalue weighted by atomic mass is 9.77. The molecule has 0 N–H and O–H groups in total. The number of aryl methyl sites for hydroxylation is 1. The Hall–Kier alpha value is -1.31. The maximum atomic E-state index is 11.5. The Kier molecular flexibility index (Phi) is 3.74. The minimum absolute atomic E-state index is 0.213. The highest BCUT2D eigenvalue weighted by molar-refractivity contribution is 5.73. The average Bonchev–Trinajstić information content (AvgIpc) is 2.32. The molecule has 1 aromatic carbocycles. The molecule has 2 rings (SSSR count). The number of hydrogen-bond donors (Lipinski definition) is 0. The lowest BCUT2D eigenvalue weighted by Gasteiger charge is -2.40. The molecular formula is C16H23NO. The van der Waals surface area contributed by atoms with Gasteiger partial charge in [0, 0.05) is 20.0 Å². The Bertz CT molecular complexity index is 423. The van der Waals surface area contributed by atoms with Gasteiger partial charge in [0.25, 0.3) is 0 Å². The molecule has 0 aromatic heterocycles. The number of hydrogen-bond acceptors (Lipinski definition) is 1. The molecule has 1 heterocycles. The van der Waals surface area contributed by atoms with Crippen LogP contribution in [0.3, 0.4) is 0 Å². The molecule has 1 atom stereocenters. The van der Waals surface area contributed by atoms with Crippen LogP contribution in [-0.4, -0.2) is 23.9 Å². The van der Waals surface area contributed by atoms with Crippen LogP contribution >= 0.6 is 0 Å². The maximum absolute atomic E-state index is 11.5. The summed E-state index contributed by atoms with van der Waals surface area (Å²) in [6.07, 6.45) is 3.41. The number of carbonyl (C=O) groups excluding carboxylic acids is 1. The van der Waals surface area contributed by atoms with Gasteiger partial charge in [-0.25, -0.2) is 0 Å². The third-order valence-corrected chi connectivity index (χ3v) is 3.98. The van der Waals surface area contributed by atoms with Crippen molar-refractivity contribution in [3.8, 4) is 0 Å². The van der Waals surface area contributed by atoms with Gasteiger partial charge in [0.1, 0.15) is 0 Å². The standard InChI is InChI=1S/C16H23NO/c1-13-5-7-15(8-6-13)11-16(3)9-4-10-17(12-16)14(2)18/h5-8H,4,9-12H2,1-3H3. The van der Waals surface area contributed by atoms with Gasteiger partial charge in [-0.2, -0.15) is 0 Å². The fourth-order valence-corrected chi connectivity index (χ4v) is 2.93. The quantitative estimate of drug-likeness (QED) is 0.783. The van der Waals surface area contributed by atoms with Crippen molar-refractivity contribution < 1.29 is 4.79 Å². The molecule has 0 aliphatic carbocycles. The van der Waals surface area contributed by atoms with Gasteiger partial charge in [0.15, 0.2) is 0 Å². The lowest BCUT2D eigenvalue weighted by Crippen LogP contribution is -2.44. The third kappa shape index (κ3) is 3.12. The van der Waals surface area contributed by atoms with Gasteiger partial charge >= 0.3 is 0 Å². The van der Waals surface area contributed by atoms with E-state index in [9.17, 15) is 4.79 Å². The summed E-state index contributed by atoms with van der Waals surface area (Å²) in [6.45, 7) is 7.93. The zero-order valence-electron chi connectivity index (χ0n) is 11.7. The van der Waals surface area contributed by atoms with Crippen LogP contribution in [0.5, 0.6) is 0 Å². The molecule has 1 saturated heterocycles. The van der Waals surface area contributed by atoms with Gasteiger partial charge in [0.05, 0.1) is 0 Å². The largest absolute Gasteiger partial charge is 0.342 e. The van der Waals surface area contributed by atoms with Crippen molar-refractivity contribution in [1.29, 1.82) is 0 Å². The second-order valence-corrected chi connectivity index (χ2v) is 6.02. The van der Waals surface area contributed by atoms with E-state index in [1.54, 1.807) is 6.92 Å². The van der Waals surface area contributed by atoms with E-state index in [1.165, 1.54) is 17.5 Å². The number of likely N-dealkylation sites (tertiary alicyclic amines) is 1. The van der Waals surface area contributed by atoms with Crippen LogP contribution in [-0.2, 0) is 11.2 Å². The van der Waals surface area contributed by atoms with Crippen LogP contribution in [0.2, 0.25) is 0 Å². The third-order valence-electron chi connectivity index (χ3n) is 3.98. The summed E-state index contributed by atoms with van der Waals surface area (Å²) in [6, 6.07) is 8.77. The van der Waals surface area contributed by atoms with Gasteiger partial charge in [-0.3, -0.25) is 4.79 Å². The monoisotopic (exact) mass is 245 g/mol. The number of carbonyl (C=O) groups is 1. The molecule has 2 nitrogen and oxygen atoms in total. The van der Waals surface area contributed by atoms with Gasteiger partial charge in [-0.05, 0) is 37.2 Å². The van der Waals surface area contributed by atoms with Crippen LogP contribution in [0.1, 0.15) is 37.8 Å². The highest BCUT2D eigenvalue weighted by atomic mass is 16.2. The Morgan fingerprint density at radius 3 is 2.61 bits per heavy atom. The molecule has 1 aliphatic rings. The maximum Gasteiger partial charge on any atom is 0.219 e. The Morgan fingerprint density at radius 1 is 1.33 bits per heavy atom. The van der Waals surface area contributed by atoms with Gasteiger partial charge in [-0.1, -0.05) is 36.8 Å². The normalized spacial score (nSPS) is 24.1. The molecule has 1 aromatic rings. The van der Waals surface area contributed by atoms with E-state index in [0.717, 1.165) is 25.9 Å². The first-order chi connectivity index (χ1) is 8.48. The summed E-state index contributed by atoms with van der Waals surface area (Å²) < 4.78 is 0. The van der Waals surface area contributed by atoms with E-state index in [-0.39, 0.29) is 11.3 Å². The topological polar surface area (TPSA) is 20.3 Å². The lowest BCUT2D eigenvalue weighted by molar-refractivity contribution is -0.132. The molecule has 1 amide bonds. The molecule has 0 bridgehead atoms. The fraction of sp³-hybridized carbons (Fsp3) is 0.562. The van der Waals surface area contributed by atoms with E-state index >= 15 is 0 Å². The van der Waals surface area contributed by atoms with Gasteiger partial charge < -0.3 is 4.90 Å². The zero-order chi connectivity index (χ0) is 13.2. The highest BCUT2D eigenvalue weighted by Crippen LogP contribution is 2.33. The van der Waals surface area contributed by atoms with Crippen LogP contribution in [0.4, 0.5) is 0 Å². The zero-order valence-corrected chi connectivity index (χ0v) is 11.7. The molecule has 0 radical (unpaired) electrons. The molecule has 18 heavy (non-hydrogen) atoms. The molecule has 0 saturated carbocycles. The van der Waals surface area contributed by atoms with Crippen molar-refractivity contribution in [2.45, 2.75) is 40.0 Å². The van der Waals surface area contributed by atoms with Crippen molar-refractivity contribution in [3.05, 3.63) is 35.4 Å². The Balaban J connectivity index is 2.06. The molecule has 0 spiro atoms. The summed E-state index contributed by atoms with van der Waals surface area (Å²) in [4.78, 5) is 13.5. The summed E-state index contributed by atoms with van der Waals surface area (Å²) in [7, 11) is 0. The van der Waals surface area contributed by atoms with Crippen LogP contribution < -0.4 is 0 Å². The van der Waals surface area contributed by atoms with E-state index in [1.807, 2.05) is 4.90 Å². The van der Waals surface area contributed by atoms with Crippen LogP contribution in [0.15, 0.2) is 24.3 Å². The van der Waals surface area contributed by atoms with Crippen LogP contribution in [0.25, 0.3) is 0 Å². The average molecular weight is 245 g/mol. The molecule has 1 fully saturated rings. The smallest absolute Gasteiger partial charge is 0.219 e. The van der Waals surface area contributed by atoms with Crippen molar-refractivity contribution in [2.24, 2.45) is 5.41 Å². The Morgan fingerprint density at radius 2 is 2.00 bits per heavy atom. The van der Waals surface area contributed by atoms with E-state index < -0.39 is 0 Å². The molecule has 2 heteroatoms. The Labute approximate surface area is 110 Å². The predicted molar refractivity (Wildman–Crippen MR) is 74.5 cm³/mol. The van der Waals surface area contributed by atoms with E-state index in [0.29, 0.717) is 0 Å². The number of nitrogens with zero attached hydrogens (tertiary/aromatic N) is 1. The van der Waals surface area contributed by atoms with E-state index in [2.05, 4.69) is 38.1 Å². The molecule has 1 aliphatic heterocycles. The molecule has 1 unspecified atom stereocenters. The number of piperidine rings is 1. The number of rotatable bonds is 2. The van der Waals surface area contributed by atoms with Crippen molar-refractivity contribution in [2.75, 3.05) is 13.1 Å². The summed E-state index contributed by atoms with van der Waals surface area (Å²) in [5.74, 6) is 0.213. The first kappa shape index (κ1) is 13.1. The first-order valence-electron chi connectivity index (χ1n) is 6.80. The van der Waals surface area contributed by atoms with Crippen molar-refractivity contribution in [3.63, 3.8) is 0 Å². The minimum atomic E-state index is 0.213. The van der Waals surface area contributed by atoms with Gasteiger partial charge in [-0.15, -0.1) is 0 Å². The first-order valence-corrected chi connectivity index (χ1v) is 6.80. The highest BCUT2D eigenvalue weighted by Gasteiger charge is 2.32. The predicted octanol–water partition coefficient (Wildman–Crippen LogP) is 3.19. The second-order valence-electron chi connectivity index (χ2n) is 6.02. The van der Waals surface area contributed by atoms with Gasteiger partial charge in [0.2, 0.25) is 5.91 Å². The number of benzene rings is 1. The van der Waals surface area contributed by atoms with Crippen LogP contribution in [0, 0.1) is 12.3 Å². The molecular weight excluding hydrogens is 222 g/mol. The minimum Gasteiger partial charge on any atom is -0.342 e. The summed E-state index contributed by atoms with van der Waals surface area (Å²) >= 11 is 0. The van der Waals surface area contributed by atoms with Crippen molar-refractivity contribution in [1.82, 2.24) is 4.90 Å². The second kappa shape index (κ2) is 5.13. The summed E-state index contributed by atoms with van der Waals surface area (Å²) in [5, 5.41) is 0. The SMILES string of the molecule is CC(=O)N1CCCC(C)(Cc2ccc(C)cc2)C1. The van der Waals surface area contributed by atoms with E-state index in [4.69, 9.17) is 0 Å². The summed E-state index contributed by atoms with van der Waals surface area (Å²) in [5.41, 5.74) is 2.92.